The lowest BCUT2D eigenvalue weighted by molar-refractivity contribution is -0.143. The van der Waals surface area contributed by atoms with Crippen LogP contribution in [0.4, 0.5) is 30.6 Å². The van der Waals surface area contributed by atoms with Crippen LogP contribution in [0.1, 0.15) is 140 Å². The van der Waals surface area contributed by atoms with Crippen molar-refractivity contribution in [2.45, 2.75) is 183 Å². The first-order chi connectivity index (χ1) is 39.1. The molecule has 3 N–H and O–H groups in total. The molecule has 3 aromatic carbocycles. The molecule has 2 aliphatic heterocycles. The minimum atomic E-state index is -0.935. The molecule has 2 heterocycles. The summed E-state index contributed by atoms with van der Waals surface area (Å²) in [5.74, 6) is -1.86. The van der Waals surface area contributed by atoms with E-state index >= 15 is 0 Å². The van der Waals surface area contributed by atoms with Gasteiger partial charge in [0.05, 0.1) is 6.04 Å². The molecule has 0 aliphatic carbocycles. The van der Waals surface area contributed by atoms with Gasteiger partial charge in [0.25, 0.3) is 0 Å². The van der Waals surface area contributed by atoms with Crippen LogP contribution >= 0.6 is 0 Å². The molecule has 2 saturated heterocycles. The summed E-state index contributed by atoms with van der Waals surface area (Å²) in [4.78, 5) is 121. The van der Waals surface area contributed by atoms with E-state index in [1.165, 1.54) is 23.9 Å². The Morgan fingerprint density at radius 1 is 0.548 bits per heavy atom. The van der Waals surface area contributed by atoms with Crippen molar-refractivity contribution in [1.82, 2.24) is 34.7 Å². The number of Topliss-reactive ketones (excluding diaryl/α,β-unsaturated/α-hetero) is 1. The third-order valence-corrected chi connectivity index (χ3v) is 15.7. The highest BCUT2D eigenvalue weighted by Gasteiger charge is 2.44. The molecule has 2 fully saturated rings. The summed E-state index contributed by atoms with van der Waals surface area (Å²) < 4.78 is 11.0. The number of rotatable bonds is 21. The highest BCUT2D eigenvalue weighted by Crippen LogP contribution is 2.35. The summed E-state index contributed by atoms with van der Waals surface area (Å²) in [6.45, 7) is 27.3. The second-order valence-electron chi connectivity index (χ2n) is 26.9. The predicted octanol–water partition coefficient (Wildman–Crippen LogP) is 10.5. The molecule has 0 spiro atoms. The van der Waals surface area contributed by atoms with E-state index in [0.29, 0.717) is 69.7 Å². The van der Waals surface area contributed by atoms with Crippen molar-refractivity contribution in [2.24, 2.45) is 16.7 Å². The monoisotopic (exact) mass is 1160 g/mol. The standard InChI is InChI=1S/C65H97N9O10/c1-44(69(15)60(81)83-64(9,10)11)53(75)41-52(62(3,4)5)56(77)73-37-23-29-50(73)42-71(39-35-46-25-19-17-20-26-46)58(79)66-48-31-33-49(34-32-48)67-59(80)72(40-36-47-27-21-18-22-28-47)43-51-30-24-38-74(51)57(78)54(63(6,7)8)68-55(76)45(2)70(16)61(82)84-65(12,13)14/h17-22,25-28,31-34,44-45,50-52,54H,23-24,29-30,35-43H2,1-16H3,(H,66,79)(H,67,80)(H,68,76)/t44-,45-,50-,51-,52+,54+/m0/s1. The first kappa shape index (κ1) is 67.6. The number of amides is 9. The molecule has 19 heteroatoms. The number of hydrogen-bond donors (Lipinski definition) is 3. The molecule has 19 nitrogen and oxygen atoms in total. The van der Waals surface area contributed by atoms with Gasteiger partial charge in [0.2, 0.25) is 17.7 Å². The smallest absolute Gasteiger partial charge is 0.410 e. The fourth-order valence-corrected chi connectivity index (χ4v) is 10.3. The number of benzene rings is 3. The van der Waals surface area contributed by atoms with E-state index in [9.17, 15) is 38.4 Å². The van der Waals surface area contributed by atoms with Gasteiger partial charge in [-0.3, -0.25) is 24.1 Å². The lowest BCUT2D eigenvalue weighted by Gasteiger charge is -2.38. The highest BCUT2D eigenvalue weighted by atomic mass is 16.6. The van der Waals surface area contributed by atoms with Crippen LogP contribution in [-0.2, 0) is 41.5 Å². The van der Waals surface area contributed by atoms with Crippen molar-refractivity contribution in [1.29, 1.82) is 0 Å². The lowest BCUT2D eigenvalue weighted by Crippen LogP contribution is -2.59. The van der Waals surface area contributed by atoms with E-state index in [1.807, 2.05) is 107 Å². The Balaban J connectivity index is 1.30. The molecule has 2 aliphatic rings. The van der Waals surface area contributed by atoms with Crippen LogP contribution < -0.4 is 16.0 Å². The lowest BCUT2D eigenvalue weighted by atomic mass is 9.76. The quantitative estimate of drug-likeness (QED) is 0.0919. The van der Waals surface area contributed by atoms with Crippen molar-refractivity contribution in [3.63, 3.8) is 0 Å². The topological polar surface area (TPSA) is 211 Å². The first-order valence-electron chi connectivity index (χ1n) is 29.8. The number of ether oxygens (including phenoxy) is 2. The highest BCUT2D eigenvalue weighted by molar-refractivity contribution is 5.94. The summed E-state index contributed by atoms with van der Waals surface area (Å²) in [5, 5.41) is 9.07. The number of nitrogens with one attached hydrogen (secondary N) is 3. The van der Waals surface area contributed by atoms with Gasteiger partial charge in [-0.15, -0.1) is 0 Å². The number of nitrogens with zero attached hydrogens (tertiary/aromatic N) is 6. The van der Waals surface area contributed by atoms with Gasteiger partial charge in [0.15, 0.2) is 5.78 Å². The van der Waals surface area contributed by atoms with Gasteiger partial charge in [-0.25, -0.2) is 19.2 Å². The average molecular weight is 1160 g/mol. The van der Waals surface area contributed by atoms with E-state index in [-0.39, 0.29) is 61.3 Å². The SMILES string of the molecule is C[C@@H](C(=O)C[C@H](C(=O)N1CCC[C@H]1CN(CCc1ccccc1)C(=O)Nc1ccc(NC(=O)N(CCc2ccccc2)C[C@@H]2CCCN2C(=O)[C@@H](NC(=O)[C@H](C)N(C)C(=O)OC(C)(C)C)C(C)(C)C)cc1)C(C)(C)C)N(C)C(=O)OC(C)(C)C. The number of anilines is 2. The zero-order valence-electron chi connectivity index (χ0n) is 53.0. The summed E-state index contributed by atoms with van der Waals surface area (Å²) in [7, 11) is 3.01. The summed E-state index contributed by atoms with van der Waals surface area (Å²) in [5.41, 5.74) is 0.260. The molecule has 0 unspecified atom stereocenters. The van der Waals surface area contributed by atoms with Crippen molar-refractivity contribution in [3.8, 4) is 0 Å². The van der Waals surface area contributed by atoms with E-state index in [0.717, 1.165) is 17.5 Å². The number of ketones is 1. The molecular weight excluding hydrogens is 1070 g/mol. The fraction of sp³-hybridized carbons (Fsp3) is 0.600. The molecule has 0 bridgehead atoms. The second-order valence-corrected chi connectivity index (χ2v) is 26.9. The van der Waals surface area contributed by atoms with Gasteiger partial charge < -0.3 is 49.9 Å². The minimum absolute atomic E-state index is 0.0692. The first-order valence-corrected chi connectivity index (χ1v) is 29.8. The van der Waals surface area contributed by atoms with Gasteiger partial charge in [-0.2, -0.15) is 0 Å². The third-order valence-electron chi connectivity index (χ3n) is 15.7. The maximum atomic E-state index is 14.7. The van der Waals surface area contributed by atoms with Gasteiger partial charge >= 0.3 is 24.2 Å². The fourth-order valence-electron chi connectivity index (χ4n) is 10.3. The molecule has 0 aromatic heterocycles. The Morgan fingerprint density at radius 3 is 1.32 bits per heavy atom. The Labute approximate surface area is 499 Å². The predicted molar refractivity (Wildman–Crippen MR) is 328 cm³/mol. The zero-order valence-corrected chi connectivity index (χ0v) is 53.0. The normalized spacial score (nSPS) is 17.0. The number of likely N-dealkylation sites (N-methyl/N-ethyl adjacent to an activating group) is 2. The van der Waals surface area contributed by atoms with Gasteiger partial charge in [0, 0.05) is 89.2 Å². The summed E-state index contributed by atoms with van der Waals surface area (Å²) >= 11 is 0. The molecule has 84 heavy (non-hydrogen) atoms. The van der Waals surface area contributed by atoms with Crippen LogP contribution in [0.15, 0.2) is 84.9 Å². The Morgan fingerprint density at radius 2 is 0.940 bits per heavy atom. The molecule has 0 saturated carbocycles. The summed E-state index contributed by atoms with van der Waals surface area (Å²) in [6.07, 6.45) is 2.53. The van der Waals surface area contributed by atoms with Crippen LogP contribution in [0.3, 0.4) is 0 Å². The number of carbonyl (C=O) groups is 8. The van der Waals surface area contributed by atoms with Crippen molar-refractivity contribution >= 4 is 59.1 Å². The molecule has 3 aromatic rings. The van der Waals surface area contributed by atoms with Gasteiger partial charge in [-0.05, 0) is 140 Å². The third kappa shape index (κ3) is 20.0. The Bertz CT molecular complexity index is 2530. The molecule has 6 atom stereocenters. The Hall–Kier alpha value is -7.18. The van der Waals surface area contributed by atoms with Gasteiger partial charge in [-0.1, -0.05) is 102 Å². The van der Waals surface area contributed by atoms with E-state index in [1.54, 1.807) is 94.4 Å². The van der Waals surface area contributed by atoms with Crippen LogP contribution in [0, 0.1) is 16.7 Å². The number of hydrogen-bond acceptors (Lipinski definition) is 10. The van der Waals surface area contributed by atoms with E-state index in [4.69, 9.17) is 9.47 Å². The van der Waals surface area contributed by atoms with Crippen molar-refractivity contribution < 1.29 is 47.8 Å². The summed E-state index contributed by atoms with van der Waals surface area (Å²) in [6, 6.07) is 22.5. The molecular formula is C65H97N9O10. The average Bonchev–Trinajstić information content (AvgIpc) is 2.93. The zero-order chi connectivity index (χ0) is 62.5. The van der Waals surface area contributed by atoms with Crippen LogP contribution in [-0.4, -0.2) is 172 Å². The van der Waals surface area contributed by atoms with Crippen molar-refractivity contribution in [3.05, 3.63) is 96.1 Å². The number of carbonyl (C=O) groups excluding carboxylic acids is 8. The maximum absolute atomic E-state index is 14.7. The maximum Gasteiger partial charge on any atom is 0.410 e. The Kier molecular flexibility index (Phi) is 23.4. The minimum Gasteiger partial charge on any atom is -0.444 e. The largest absolute Gasteiger partial charge is 0.444 e. The molecule has 9 amide bonds. The number of urea groups is 2. The number of likely N-dealkylation sites (tertiary alicyclic amines) is 2. The van der Waals surface area contributed by atoms with Crippen molar-refractivity contribution in [2.75, 3.05) is 64.0 Å². The van der Waals surface area contributed by atoms with Crippen LogP contribution in [0.2, 0.25) is 0 Å². The van der Waals surface area contributed by atoms with E-state index < -0.39 is 64.2 Å². The van der Waals surface area contributed by atoms with Crippen LogP contribution in [0.25, 0.3) is 0 Å². The van der Waals surface area contributed by atoms with Crippen LogP contribution in [0.5, 0.6) is 0 Å². The molecule has 5 rings (SSSR count). The second kappa shape index (κ2) is 29.1. The van der Waals surface area contributed by atoms with E-state index in [2.05, 4.69) is 16.0 Å². The molecule has 0 radical (unpaired) electrons. The molecule has 462 valence electrons. The van der Waals surface area contributed by atoms with Gasteiger partial charge in [0.1, 0.15) is 23.3 Å².